The molecular weight excluding hydrogens is 210 g/mol. The van der Waals surface area contributed by atoms with Crippen molar-refractivity contribution in [2.45, 2.75) is 53.0 Å². The van der Waals surface area contributed by atoms with Gasteiger partial charge in [-0.25, -0.2) is 0 Å². The first-order chi connectivity index (χ1) is 7.78. The molecule has 0 bridgehead atoms. The molecule has 1 unspecified atom stereocenters. The van der Waals surface area contributed by atoms with E-state index in [4.69, 9.17) is 0 Å². The number of aromatic nitrogens is 2. The predicted molar refractivity (Wildman–Crippen MR) is 73.2 cm³/mol. The molecule has 0 aromatic carbocycles. The number of aryl methyl sites for hydroxylation is 3. The van der Waals surface area contributed by atoms with Crippen molar-refractivity contribution in [3.63, 3.8) is 0 Å². The summed E-state index contributed by atoms with van der Waals surface area (Å²) in [7, 11) is 2.03. The summed E-state index contributed by atoms with van der Waals surface area (Å²) in [5, 5.41) is 7.93. The van der Waals surface area contributed by atoms with E-state index in [0.717, 1.165) is 18.7 Å². The minimum atomic E-state index is 0.220. The normalized spacial score (nSPS) is 14.0. The fraction of sp³-hybridized carbons (Fsp3) is 0.786. The van der Waals surface area contributed by atoms with E-state index < -0.39 is 0 Å². The average Bonchev–Trinajstić information content (AvgIpc) is 2.50. The first-order valence-electron chi connectivity index (χ1n) is 6.52. The summed E-state index contributed by atoms with van der Waals surface area (Å²) < 4.78 is 2.00. The Kier molecular flexibility index (Phi) is 4.75. The first kappa shape index (κ1) is 14.2. The zero-order chi connectivity index (χ0) is 13.1. The first-order valence-corrected chi connectivity index (χ1v) is 6.52. The van der Waals surface area contributed by atoms with E-state index in [1.165, 1.54) is 12.1 Å². The van der Waals surface area contributed by atoms with Crippen LogP contribution in [0.25, 0.3) is 0 Å². The molecule has 1 aromatic heterocycles. The van der Waals surface area contributed by atoms with Gasteiger partial charge in [0.25, 0.3) is 0 Å². The van der Waals surface area contributed by atoms with Crippen LogP contribution in [-0.2, 0) is 13.5 Å². The molecule has 0 saturated carbocycles. The Morgan fingerprint density at radius 1 is 1.41 bits per heavy atom. The Labute approximate surface area is 106 Å². The molecule has 0 fully saturated rings. The van der Waals surface area contributed by atoms with Crippen LogP contribution in [0.15, 0.2) is 6.07 Å². The van der Waals surface area contributed by atoms with Crippen molar-refractivity contribution in [1.82, 2.24) is 15.1 Å². The van der Waals surface area contributed by atoms with E-state index in [1.54, 1.807) is 0 Å². The summed E-state index contributed by atoms with van der Waals surface area (Å²) in [6.45, 7) is 12.1. The summed E-state index contributed by atoms with van der Waals surface area (Å²) in [5.74, 6) is 0.699. The molecule has 98 valence electrons. The molecule has 1 N–H and O–H groups in total. The molecule has 0 aliphatic heterocycles. The molecular formula is C14H27N3. The van der Waals surface area contributed by atoms with Crippen LogP contribution in [0.1, 0.15) is 45.5 Å². The van der Waals surface area contributed by atoms with E-state index in [2.05, 4.69) is 44.2 Å². The number of nitrogens with zero attached hydrogens (tertiary/aromatic N) is 2. The fourth-order valence-corrected chi connectivity index (χ4v) is 1.87. The van der Waals surface area contributed by atoms with Crippen LogP contribution in [0, 0.1) is 12.8 Å². The highest BCUT2D eigenvalue weighted by Crippen LogP contribution is 2.11. The van der Waals surface area contributed by atoms with Gasteiger partial charge < -0.3 is 5.32 Å². The van der Waals surface area contributed by atoms with Gasteiger partial charge in [-0.1, -0.05) is 6.92 Å². The SMILES string of the molecule is Cc1cc(CCC(C)CNC(C)(C)C)n(C)n1. The second-order valence-electron chi connectivity index (χ2n) is 6.18. The van der Waals surface area contributed by atoms with Gasteiger partial charge in [0.05, 0.1) is 5.69 Å². The third-order valence-corrected chi connectivity index (χ3v) is 2.97. The molecule has 3 nitrogen and oxygen atoms in total. The van der Waals surface area contributed by atoms with Gasteiger partial charge >= 0.3 is 0 Å². The standard InChI is InChI=1S/C14H27N3/c1-11(10-15-14(3,4)5)7-8-13-9-12(2)16-17(13)6/h9,11,15H,7-8,10H2,1-6H3. The average molecular weight is 237 g/mol. The minimum absolute atomic E-state index is 0.220. The molecule has 0 aliphatic rings. The van der Waals surface area contributed by atoms with Crippen molar-refractivity contribution in [2.75, 3.05) is 6.54 Å². The van der Waals surface area contributed by atoms with Crippen LogP contribution in [0.2, 0.25) is 0 Å². The largest absolute Gasteiger partial charge is 0.312 e. The van der Waals surface area contributed by atoms with Gasteiger partial charge in [-0.3, -0.25) is 4.68 Å². The lowest BCUT2D eigenvalue weighted by atomic mass is 10.0. The second kappa shape index (κ2) is 5.67. The van der Waals surface area contributed by atoms with Gasteiger partial charge in [0.1, 0.15) is 0 Å². The van der Waals surface area contributed by atoms with Crippen molar-refractivity contribution in [3.05, 3.63) is 17.5 Å². The van der Waals surface area contributed by atoms with Crippen LogP contribution in [-0.4, -0.2) is 21.9 Å². The Hall–Kier alpha value is -0.830. The zero-order valence-electron chi connectivity index (χ0n) is 12.2. The van der Waals surface area contributed by atoms with Crippen LogP contribution in [0.4, 0.5) is 0 Å². The van der Waals surface area contributed by atoms with E-state index in [1.807, 2.05) is 18.7 Å². The van der Waals surface area contributed by atoms with E-state index in [9.17, 15) is 0 Å². The Balaban J connectivity index is 2.33. The van der Waals surface area contributed by atoms with Crippen molar-refractivity contribution in [2.24, 2.45) is 13.0 Å². The molecule has 1 rings (SSSR count). The lowest BCUT2D eigenvalue weighted by molar-refractivity contribution is 0.371. The maximum absolute atomic E-state index is 4.38. The molecule has 0 amide bonds. The smallest absolute Gasteiger partial charge is 0.0596 e. The molecule has 1 aromatic rings. The molecule has 0 radical (unpaired) electrons. The summed E-state index contributed by atoms with van der Waals surface area (Å²) in [5.41, 5.74) is 2.67. The highest BCUT2D eigenvalue weighted by Gasteiger charge is 2.11. The summed E-state index contributed by atoms with van der Waals surface area (Å²) in [4.78, 5) is 0. The van der Waals surface area contributed by atoms with Gasteiger partial charge in [0.2, 0.25) is 0 Å². The molecule has 1 atom stereocenters. The number of hydrogen-bond acceptors (Lipinski definition) is 2. The Morgan fingerprint density at radius 2 is 2.06 bits per heavy atom. The third kappa shape index (κ3) is 5.35. The van der Waals surface area contributed by atoms with E-state index in [-0.39, 0.29) is 5.54 Å². The van der Waals surface area contributed by atoms with Crippen molar-refractivity contribution >= 4 is 0 Å². The lowest BCUT2D eigenvalue weighted by Gasteiger charge is -2.23. The lowest BCUT2D eigenvalue weighted by Crippen LogP contribution is -2.38. The van der Waals surface area contributed by atoms with Crippen LogP contribution >= 0.6 is 0 Å². The second-order valence-corrected chi connectivity index (χ2v) is 6.18. The van der Waals surface area contributed by atoms with Crippen molar-refractivity contribution < 1.29 is 0 Å². The molecule has 0 aliphatic carbocycles. The zero-order valence-corrected chi connectivity index (χ0v) is 12.2. The molecule has 0 saturated heterocycles. The highest BCUT2D eigenvalue weighted by molar-refractivity contribution is 5.08. The number of rotatable bonds is 5. The van der Waals surface area contributed by atoms with Gasteiger partial charge in [-0.15, -0.1) is 0 Å². The summed E-state index contributed by atoms with van der Waals surface area (Å²) >= 11 is 0. The van der Waals surface area contributed by atoms with E-state index >= 15 is 0 Å². The summed E-state index contributed by atoms with van der Waals surface area (Å²) in [6.07, 6.45) is 2.33. The number of nitrogens with one attached hydrogen (secondary N) is 1. The monoisotopic (exact) mass is 237 g/mol. The Morgan fingerprint density at radius 3 is 2.53 bits per heavy atom. The molecule has 3 heteroatoms. The number of hydrogen-bond donors (Lipinski definition) is 1. The fourth-order valence-electron chi connectivity index (χ4n) is 1.87. The topological polar surface area (TPSA) is 29.9 Å². The van der Waals surface area contributed by atoms with Crippen molar-refractivity contribution in [1.29, 1.82) is 0 Å². The van der Waals surface area contributed by atoms with Crippen LogP contribution < -0.4 is 5.32 Å². The molecule has 17 heavy (non-hydrogen) atoms. The van der Waals surface area contributed by atoms with Gasteiger partial charge in [-0.05, 0) is 59.1 Å². The molecule has 0 spiro atoms. The van der Waals surface area contributed by atoms with Crippen molar-refractivity contribution in [3.8, 4) is 0 Å². The van der Waals surface area contributed by atoms with Gasteiger partial charge in [-0.2, -0.15) is 5.10 Å². The quantitative estimate of drug-likeness (QED) is 0.853. The van der Waals surface area contributed by atoms with E-state index in [0.29, 0.717) is 5.92 Å². The predicted octanol–water partition coefficient (Wildman–Crippen LogP) is 2.69. The van der Waals surface area contributed by atoms with Gasteiger partial charge in [0, 0.05) is 18.3 Å². The minimum Gasteiger partial charge on any atom is -0.312 e. The Bertz CT molecular complexity index is 347. The van der Waals surface area contributed by atoms with Crippen LogP contribution in [0.5, 0.6) is 0 Å². The highest BCUT2D eigenvalue weighted by atomic mass is 15.3. The molecule has 1 heterocycles. The van der Waals surface area contributed by atoms with Gasteiger partial charge in [0.15, 0.2) is 0 Å². The summed E-state index contributed by atoms with van der Waals surface area (Å²) in [6, 6.07) is 2.18. The maximum Gasteiger partial charge on any atom is 0.0596 e. The van der Waals surface area contributed by atoms with Crippen LogP contribution in [0.3, 0.4) is 0 Å². The third-order valence-electron chi connectivity index (χ3n) is 2.97. The maximum atomic E-state index is 4.38.